The molecular formula is C6H12O5. The molecule has 4 N–H and O–H groups in total. The lowest BCUT2D eigenvalue weighted by atomic mass is 10.1. The van der Waals surface area contributed by atoms with E-state index in [1.165, 1.54) is 6.92 Å². The Morgan fingerprint density at radius 3 is 2.18 bits per heavy atom. The molecule has 0 saturated carbocycles. The van der Waals surface area contributed by atoms with E-state index in [2.05, 4.69) is 0 Å². The van der Waals surface area contributed by atoms with Crippen LogP contribution in [0.15, 0.2) is 0 Å². The van der Waals surface area contributed by atoms with Gasteiger partial charge in [0.2, 0.25) is 0 Å². The SMILES string of the molecule is C[C@]1(O)O[C@@H](CO)[C@H](O)[C@@H]1O. The molecule has 66 valence electrons. The Hall–Kier alpha value is -0.200. The predicted octanol–water partition coefficient (Wildman–Crippen LogP) is -2.19. The molecule has 5 heteroatoms. The lowest BCUT2D eigenvalue weighted by Gasteiger charge is -2.19. The van der Waals surface area contributed by atoms with Crippen molar-refractivity contribution in [3.8, 4) is 0 Å². The highest BCUT2D eigenvalue weighted by atomic mass is 16.7. The minimum absolute atomic E-state index is 0.422. The number of ether oxygens (including phenoxy) is 1. The van der Waals surface area contributed by atoms with Gasteiger partial charge >= 0.3 is 0 Å². The van der Waals surface area contributed by atoms with Gasteiger partial charge in [-0.3, -0.25) is 0 Å². The van der Waals surface area contributed by atoms with Crippen LogP contribution in [0.25, 0.3) is 0 Å². The number of aliphatic hydroxyl groups is 4. The summed E-state index contributed by atoms with van der Waals surface area (Å²) in [5.74, 6) is -1.76. The highest BCUT2D eigenvalue weighted by molar-refractivity contribution is 4.92. The minimum atomic E-state index is -1.76. The van der Waals surface area contributed by atoms with Gasteiger partial charge < -0.3 is 25.2 Å². The Morgan fingerprint density at radius 1 is 1.45 bits per heavy atom. The predicted molar refractivity (Wildman–Crippen MR) is 34.6 cm³/mol. The first kappa shape index (κ1) is 8.89. The van der Waals surface area contributed by atoms with Crippen LogP contribution in [0, 0.1) is 0 Å². The van der Waals surface area contributed by atoms with Crippen molar-refractivity contribution in [3.63, 3.8) is 0 Å². The second-order valence-corrected chi connectivity index (χ2v) is 2.83. The van der Waals surface area contributed by atoms with Gasteiger partial charge in [0.1, 0.15) is 18.3 Å². The molecule has 1 heterocycles. The third kappa shape index (κ3) is 1.38. The number of hydrogen-bond donors (Lipinski definition) is 4. The summed E-state index contributed by atoms with van der Waals surface area (Å²) in [4.78, 5) is 0. The van der Waals surface area contributed by atoms with Gasteiger partial charge in [0.15, 0.2) is 5.79 Å². The van der Waals surface area contributed by atoms with Crippen LogP contribution in [0.5, 0.6) is 0 Å². The summed E-state index contributed by atoms with van der Waals surface area (Å²) in [5.41, 5.74) is 0. The molecule has 0 radical (unpaired) electrons. The van der Waals surface area contributed by atoms with Gasteiger partial charge in [-0.05, 0) is 6.92 Å². The van der Waals surface area contributed by atoms with E-state index in [4.69, 9.17) is 20.1 Å². The lowest BCUT2D eigenvalue weighted by molar-refractivity contribution is -0.217. The molecule has 0 amide bonds. The summed E-state index contributed by atoms with van der Waals surface area (Å²) in [7, 11) is 0. The van der Waals surface area contributed by atoms with Crippen LogP contribution in [0.1, 0.15) is 6.92 Å². The van der Waals surface area contributed by atoms with Crippen molar-refractivity contribution < 1.29 is 25.2 Å². The van der Waals surface area contributed by atoms with Gasteiger partial charge in [0.25, 0.3) is 0 Å². The van der Waals surface area contributed by atoms with E-state index in [0.717, 1.165) is 0 Å². The molecule has 1 aliphatic rings. The Kier molecular flexibility index (Phi) is 2.17. The Bertz CT molecular complexity index is 146. The average molecular weight is 164 g/mol. The first-order valence-electron chi connectivity index (χ1n) is 3.36. The van der Waals surface area contributed by atoms with Crippen LogP contribution in [0.3, 0.4) is 0 Å². The Balaban J connectivity index is 2.69. The lowest BCUT2D eigenvalue weighted by Crippen LogP contribution is -2.40. The molecule has 1 fully saturated rings. The molecule has 1 rings (SSSR count). The zero-order chi connectivity index (χ0) is 8.65. The maximum absolute atomic E-state index is 9.19. The van der Waals surface area contributed by atoms with Crippen molar-refractivity contribution >= 4 is 0 Å². The molecule has 0 aromatic carbocycles. The van der Waals surface area contributed by atoms with Gasteiger partial charge in [-0.25, -0.2) is 0 Å². The summed E-state index contributed by atoms with van der Waals surface area (Å²) in [5, 5.41) is 36.0. The monoisotopic (exact) mass is 164 g/mol. The minimum Gasteiger partial charge on any atom is -0.394 e. The van der Waals surface area contributed by atoms with Crippen LogP contribution in [0.2, 0.25) is 0 Å². The molecule has 1 aliphatic heterocycles. The number of rotatable bonds is 1. The molecule has 0 unspecified atom stereocenters. The average Bonchev–Trinajstić information content (AvgIpc) is 2.13. The molecule has 5 nitrogen and oxygen atoms in total. The fourth-order valence-electron chi connectivity index (χ4n) is 1.11. The summed E-state index contributed by atoms with van der Waals surface area (Å²) < 4.78 is 4.73. The van der Waals surface area contributed by atoms with Crippen molar-refractivity contribution in [1.29, 1.82) is 0 Å². The summed E-state index contributed by atoms with van der Waals surface area (Å²) in [6, 6.07) is 0. The maximum atomic E-state index is 9.19. The van der Waals surface area contributed by atoms with Crippen LogP contribution < -0.4 is 0 Å². The van der Waals surface area contributed by atoms with E-state index in [0.29, 0.717) is 0 Å². The van der Waals surface area contributed by atoms with E-state index < -0.39 is 30.7 Å². The zero-order valence-corrected chi connectivity index (χ0v) is 6.14. The fourth-order valence-corrected chi connectivity index (χ4v) is 1.11. The van der Waals surface area contributed by atoms with Gasteiger partial charge in [0, 0.05) is 0 Å². The molecule has 4 atom stereocenters. The first-order valence-corrected chi connectivity index (χ1v) is 3.36. The van der Waals surface area contributed by atoms with Crippen LogP contribution >= 0.6 is 0 Å². The van der Waals surface area contributed by atoms with Crippen LogP contribution in [-0.4, -0.2) is 51.1 Å². The molecule has 11 heavy (non-hydrogen) atoms. The van der Waals surface area contributed by atoms with Crippen molar-refractivity contribution in [2.24, 2.45) is 0 Å². The highest BCUT2D eigenvalue weighted by Crippen LogP contribution is 2.27. The maximum Gasteiger partial charge on any atom is 0.192 e. The second kappa shape index (κ2) is 2.69. The Morgan fingerprint density at radius 2 is 2.00 bits per heavy atom. The molecular weight excluding hydrogens is 152 g/mol. The second-order valence-electron chi connectivity index (χ2n) is 2.83. The van der Waals surface area contributed by atoms with Crippen LogP contribution in [-0.2, 0) is 4.74 Å². The summed E-state index contributed by atoms with van der Waals surface area (Å²) in [6.45, 7) is 0.810. The van der Waals surface area contributed by atoms with Gasteiger partial charge in [-0.2, -0.15) is 0 Å². The molecule has 0 spiro atoms. The van der Waals surface area contributed by atoms with E-state index in [-0.39, 0.29) is 0 Å². The van der Waals surface area contributed by atoms with E-state index in [1.807, 2.05) is 0 Å². The normalized spacial score (nSPS) is 51.5. The van der Waals surface area contributed by atoms with Crippen molar-refractivity contribution in [2.45, 2.75) is 31.0 Å². The molecule has 0 aromatic rings. The van der Waals surface area contributed by atoms with E-state index >= 15 is 0 Å². The highest BCUT2D eigenvalue weighted by Gasteiger charge is 2.49. The Labute approximate surface area is 63.8 Å². The van der Waals surface area contributed by atoms with E-state index in [9.17, 15) is 5.11 Å². The molecule has 0 bridgehead atoms. The fraction of sp³-hybridized carbons (Fsp3) is 1.00. The number of aliphatic hydroxyl groups excluding tert-OH is 3. The molecule has 0 aromatic heterocycles. The first-order chi connectivity index (χ1) is 4.99. The largest absolute Gasteiger partial charge is 0.394 e. The van der Waals surface area contributed by atoms with Crippen molar-refractivity contribution in [2.75, 3.05) is 6.61 Å². The third-order valence-electron chi connectivity index (χ3n) is 1.82. The van der Waals surface area contributed by atoms with Gasteiger partial charge in [0.05, 0.1) is 6.61 Å². The number of hydrogen-bond acceptors (Lipinski definition) is 5. The van der Waals surface area contributed by atoms with Crippen molar-refractivity contribution in [3.05, 3.63) is 0 Å². The molecule has 1 saturated heterocycles. The smallest absolute Gasteiger partial charge is 0.192 e. The zero-order valence-electron chi connectivity index (χ0n) is 6.14. The van der Waals surface area contributed by atoms with Gasteiger partial charge in [-0.1, -0.05) is 0 Å². The third-order valence-corrected chi connectivity index (χ3v) is 1.82. The van der Waals surface area contributed by atoms with Crippen molar-refractivity contribution in [1.82, 2.24) is 0 Å². The topological polar surface area (TPSA) is 90.2 Å². The van der Waals surface area contributed by atoms with Gasteiger partial charge in [-0.15, -0.1) is 0 Å². The molecule has 0 aliphatic carbocycles. The summed E-state index contributed by atoms with van der Waals surface area (Å²) >= 11 is 0. The quantitative estimate of drug-likeness (QED) is 0.353. The van der Waals surface area contributed by atoms with Crippen LogP contribution in [0.4, 0.5) is 0 Å². The summed E-state index contributed by atoms with van der Waals surface area (Å²) in [6.07, 6.45) is -3.49. The standard InChI is InChI=1S/C6H12O5/c1-6(10)5(9)4(8)3(2-7)11-6/h3-5,7-10H,2H2,1H3/t3-,4-,5-,6-/m0/s1. The van der Waals surface area contributed by atoms with E-state index in [1.54, 1.807) is 0 Å².